The molecule has 0 saturated heterocycles. The lowest BCUT2D eigenvalue weighted by Gasteiger charge is -2.13. The summed E-state index contributed by atoms with van der Waals surface area (Å²) in [4.78, 5) is 20.5. The highest BCUT2D eigenvalue weighted by Crippen LogP contribution is 2.35. The first-order chi connectivity index (χ1) is 17.6. The number of aliphatic carboxylic acids is 1. The van der Waals surface area contributed by atoms with Crippen molar-refractivity contribution in [3.8, 4) is 22.1 Å². The Bertz CT molecular complexity index is 1330. The molecule has 36 heavy (non-hydrogen) atoms. The maximum absolute atomic E-state index is 10.9. The van der Waals surface area contributed by atoms with E-state index in [1.807, 2.05) is 35.6 Å². The number of thiazole rings is 1. The van der Waals surface area contributed by atoms with Gasteiger partial charge >= 0.3 is 5.97 Å². The second-order valence-electron chi connectivity index (χ2n) is 9.33. The number of nitrogens with one attached hydrogen (secondary N) is 1. The summed E-state index contributed by atoms with van der Waals surface area (Å²) in [5.41, 5.74) is 5.33. The largest absolute Gasteiger partial charge is 0.493 e. The number of rotatable bonds is 11. The molecule has 1 aliphatic carbocycles. The highest BCUT2D eigenvalue weighted by Gasteiger charge is 2.17. The van der Waals surface area contributed by atoms with Gasteiger partial charge in [-0.05, 0) is 80.1 Å². The van der Waals surface area contributed by atoms with Crippen molar-refractivity contribution >= 4 is 28.2 Å². The Morgan fingerprint density at radius 2 is 1.94 bits per heavy atom. The summed E-state index contributed by atoms with van der Waals surface area (Å²) in [7, 11) is 0. The molecule has 0 fully saturated rings. The lowest BCUT2D eigenvalue weighted by atomic mass is 10.0. The maximum Gasteiger partial charge on any atom is 0.309 e. The number of aromatic nitrogens is 2. The molecule has 6 nitrogen and oxygen atoms in total. The van der Waals surface area contributed by atoms with Gasteiger partial charge in [-0.3, -0.25) is 4.79 Å². The molecular formula is C29H32N2O4S. The molecule has 0 radical (unpaired) electrons. The Labute approximate surface area is 215 Å². The van der Waals surface area contributed by atoms with E-state index < -0.39 is 5.97 Å². The van der Waals surface area contributed by atoms with Gasteiger partial charge in [-0.25, -0.2) is 4.98 Å². The van der Waals surface area contributed by atoms with Gasteiger partial charge < -0.3 is 19.6 Å². The second-order valence-corrected chi connectivity index (χ2v) is 10.4. The smallest absolute Gasteiger partial charge is 0.309 e. The maximum atomic E-state index is 10.9. The SMILES string of the molecule is CCCc1cc(-c2nc3c(s2)CCCC3)ccc1OCCCOc1ccc2[nH]c(CC(=O)O)cc2c1. The van der Waals surface area contributed by atoms with E-state index in [-0.39, 0.29) is 6.42 Å². The molecular weight excluding hydrogens is 472 g/mol. The van der Waals surface area contributed by atoms with Crippen LogP contribution in [0.4, 0.5) is 0 Å². The van der Waals surface area contributed by atoms with Crippen molar-refractivity contribution in [2.45, 2.75) is 58.3 Å². The van der Waals surface area contributed by atoms with Crippen LogP contribution in [0.15, 0.2) is 42.5 Å². The second kappa shape index (κ2) is 11.2. The Morgan fingerprint density at radius 3 is 2.78 bits per heavy atom. The predicted octanol–water partition coefficient (Wildman–Crippen LogP) is 6.60. The van der Waals surface area contributed by atoms with Crippen molar-refractivity contribution in [2.24, 2.45) is 0 Å². The van der Waals surface area contributed by atoms with E-state index in [1.165, 1.54) is 41.0 Å². The monoisotopic (exact) mass is 504 g/mol. The first-order valence-electron chi connectivity index (χ1n) is 12.8. The number of hydrogen-bond donors (Lipinski definition) is 2. The van der Waals surface area contributed by atoms with E-state index in [1.54, 1.807) is 0 Å². The van der Waals surface area contributed by atoms with Crippen molar-refractivity contribution in [2.75, 3.05) is 13.2 Å². The molecule has 5 rings (SSSR count). The average molecular weight is 505 g/mol. The lowest BCUT2D eigenvalue weighted by molar-refractivity contribution is -0.136. The number of carbonyl (C=O) groups is 1. The number of nitrogens with zero attached hydrogens (tertiary/aromatic N) is 1. The standard InChI is InChI=1S/C29H32N2O4S/c1-2-6-19-15-20(29-31-25-7-3-4-8-27(25)36-29)9-12-26(19)35-14-5-13-34-23-10-11-24-21(17-23)16-22(30-24)18-28(32)33/h9-12,15-17,30H,2-8,13-14,18H2,1H3,(H,32,33). The number of ether oxygens (including phenoxy) is 2. The fourth-order valence-corrected chi connectivity index (χ4v) is 5.89. The van der Waals surface area contributed by atoms with Gasteiger partial charge in [0.1, 0.15) is 16.5 Å². The molecule has 0 amide bonds. The third kappa shape index (κ3) is 5.73. The summed E-state index contributed by atoms with van der Waals surface area (Å²) in [6, 6.07) is 14.1. The van der Waals surface area contributed by atoms with Crippen molar-refractivity contribution in [3.63, 3.8) is 0 Å². The van der Waals surface area contributed by atoms with Crippen LogP contribution in [-0.2, 0) is 30.5 Å². The zero-order valence-corrected chi connectivity index (χ0v) is 21.5. The fraction of sp³-hybridized carbons (Fsp3) is 0.379. The number of aromatic amines is 1. The third-order valence-corrected chi connectivity index (χ3v) is 7.68. The van der Waals surface area contributed by atoms with Crippen LogP contribution in [0.2, 0.25) is 0 Å². The van der Waals surface area contributed by atoms with Crippen LogP contribution in [0.3, 0.4) is 0 Å². The van der Waals surface area contributed by atoms with Crippen LogP contribution in [-0.4, -0.2) is 34.3 Å². The molecule has 2 N–H and O–H groups in total. The molecule has 2 heterocycles. The first-order valence-corrected chi connectivity index (χ1v) is 13.6. The number of hydrogen-bond acceptors (Lipinski definition) is 5. The molecule has 4 aromatic rings. The molecule has 1 aliphatic rings. The van der Waals surface area contributed by atoms with Crippen molar-refractivity contribution < 1.29 is 19.4 Å². The van der Waals surface area contributed by atoms with E-state index in [4.69, 9.17) is 19.6 Å². The van der Waals surface area contributed by atoms with Crippen molar-refractivity contribution in [1.29, 1.82) is 0 Å². The van der Waals surface area contributed by atoms with Crippen LogP contribution in [0, 0.1) is 0 Å². The number of carboxylic acids is 1. The van der Waals surface area contributed by atoms with Gasteiger partial charge in [0.05, 0.1) is 25.3 Å². The molecule has 0 saturated carbocycles. The van der Waals surface area contributed by atoms with Gasteiger partial charge in [0.25, 0.3) is 0 Å². The quantitative estimate of drug-likeness (QED) is 0.225. The van der Waals surface area contributed by atoms with Gasteiger partial charge in [-0.2, -0.15) is 0 Å². The third-order valence-electron chi connectivity index (χ3n) is 6.48. The van der Waals surface area contributed by atoms with E-state index in [2.05, 4.69) is 30.1 Å². The summed E-state index contributed by atoms with van der Waals surface area (Å²) >= 11 is 1.85. The summed E-state index contributed by atoms with van der Waals surface area (Å²) in [5.74, 6) is 0.865. The summed E-state index contributed by atoms with van der Waals surface area (Å²) < 4.78 is 12.1. The number of H-pyrrole nitrogens is 1. The van der Waals surface area contributed by atoms with Crippen LogP contribution in [0.25, 0.3) is 21.5 Å². The van der Waals surface area contributed by atoms with Crippen molar-refractivity contribution in [1.82, 2.24) is 9.97 Å². The molecule has 0 spiro atoms. The zero-order chi connectivity index (χ0) is 24.9. The summed E-state index contributed by atoms with van der Waals surface area (Å²) in [6.45, 7) is 3.32. The van der Waals surface area contributed by atoms with Crippen LogP contribution < -0.4 is 9.47 Å². The normalized spacial score (nSPS) is 13.0. The van der Waals surface area contributed by atoms with E-state index >= 15 is 0 Å². The van der Waals surface area contributed by atoms with Gasteiger partial charge in [-0.15, -0.1) is 11.3 Å². The van der Waals surface area contributed by atoms with Crippen LogP contribution >= 0.6 is 11.3 Å². The minimum absolute atomic E-state index is 0.0187. The zero-order valence-electron chi connectivity index (χ0n) is 20.6. The van der Waals surface area contributed by atoms with E-state index in [9.17, 15) is 4.79 Å². The summed E-state index contributed by atoms with van der Waals surface area (Å²) in [5, 5.41) is 11.1. The van der Waals surface area contributed by atoms with E-state index in [0.29, 0.717) is 18.9 Å². The van der Waals surface area contributed by atoms with Gasteiger partial charge in [0.2, 0.25) is 0 Å². The molecule has 0 unspecified atom stereocenters. The molecule has 0 aliphatic heterocycles. The number of benzene rings is 2. The minimum Gasteiger partial charge on any atom is -0.493 e. The molecule has 0 bridgehead atoms. The number of fused-ring (bicyclic) bond motifs is 2. The Balaban J connectivity index is 1.16. The van der Waals surface area contributed by atoms with Crippen molar-refractivity contribution in [3.05, 3.63) is 64.3 Å². The topological polar surface area (TPSA) is 84.4 Å². The van der Waals surface area contributed by atoms with Crippen LogP contribution in [0.5, 0.6) is 11.5 Å². The predicted molar refractivity (Wildman–Crippen MR) is 143 cm³/mol. The highest BCUT2D eigenvalue weighted by atomic mass is 32.1. The Kier molecular flexibility index (Phi) is 7.56. The van der Waals surface area contributed by atoms with Gasteiger partial charge in [0.15, 0.2) is 0 Å². The van der Waals surface area contributed by atoms with Crippen LogP contribution in [0.1, 0.15) is 54.4 Å². The number of aryl methyl sites for hydroxylation is 3. The summed E-state index contributed by atoms with van der Waals surface area (Å²) in [6.07, 6.45) is 7.60. The fourth-order valence-electron chi connectivity index (χ4n) is 4.74. The van der Waals surface area contributed by atoms with Gasteiger partial charge in [-0.1, -0.05) is 13.3 Å². The number of carboxylic acid groups (broad SMARTS) is 1. The van der Waals surface area contributed by atoms with Gasteiger partial charge in [0, 0.05) is 33.5 Å². The van der Waals surface area contributed by atoms with E-state index in [0.717, 1.165) is 53.1 Å². The molecule has 2 aromatic carbocycles. The average Bonchev–Trinajstić information content (AvgIpc) is 3.47. The molecule has 0 atom stereocenters. The Morgan fingerprint density at radius 1 is 1.08 bits per heavy atom. The first kappa shape index (κ1) is 24.4. The molecule has 2 aromatic heterocycles. The minimum atomic E-state index is -0.850. The highest BCUT2D eigenvalue weighted by molar-refractivity contribution is 7.15. The molecule has 188 valence electrons. The molecule has 7 heteroatoms. The Hall–Kier alpha value is -3.32. The lowest BCUT2D eigenvalue weighted by Crippen LogP contribution is -2.06.